The zero-order valence-corrected chi connectivity index (χ0v) is 5.40. The van der Waals surface area contributed by atoms with Crippen molar-refractivity contribution in [1.29, 1.82) is 0 Å². The highest BCUT2D eigenvalue weighted by molar-refractivity contribution is 5.74. The van der Waals surface area contributed by atoms with E-state index >= 15 is 0 Å². The van der Waals surface area contributed by atoms with E-state index in [1.54, 1.807) is 36.5 Å². The summed E-state index contributed by atoms with van der Waals surface area (Å²) in [5, 5.41) is 8.53. The number of allylic oxidation sites excluding steroid dienone is 4. The predicted octanol–water partition coefficient (Wildman–Crippen LogP) is 1.37. The van der Waals surface area contributed by atoms with Crippen LogP contribution < -0.4 is 0 Å². The number of carbonyl (C=O) groups is 1. The van der Waals surface area contributed by atoms with E-state index in [1.165, 1.54) is 0 Å². The average Bonchev–Trinajstić information content (AvgIpc) is 2.12. The number of rotatable bonds is 1. The lowest BCUT2D eigenvalue weighted by atomic mass is 10.1. The Kier molecular flexibility index (Phi) is 2.05. The van der Waals surface area contributed by atoms with Gasteiger partial charge in [-0.15, -0.1) is 0 Å². The number of carboxylic acid groups (broad SMARTS) is 1. The second-order valence-corrected chi connectivity index (χ2v) is 2.02. The first-order valence-electron chi connectivity index (χ1n) is 3.05. The smallest absolute Gasteiger partial charge is 0.314 e. The first kappa shape index (κ1) is 6.81. The van der Waals surface area contributed by atoms with Gasteiger partial charge in [0.25, 0.3) is 0 Å². The van der Waals surface area contributed by atoms with E-state index in [0.29, 0.717) is 0 Å². The molecule has 0 saturated carbocycles. The first-order chi connectivity index (χ1) is 4.80. The van der Waals surface area contributed by atoms with Gasteiger partial charge in [0.1, 0.15) is 0 Å². The molecular weight excluding hydrogens is 128 g/mol. The van der Waals surface area contributed by atoms with Gasteiger partial charge in [0, 0.05) is 0 Å². The summed E-state index contributed by atoms with van der Waals surface area (Å²) in [6.45, 7) is 0. The standard InChI is InChI=1S/C8H8O2/c9-8(10)7-5-3-1-2-4-6-7/h1-7H,(H,9,10). The van der Waals surface area contributed by atoms with E-state index < -0.39 is 11.9 Å². The minimum absolute atomic E-state index is 0.463. The molecule has 52 valence electrons. The van der Waals surface area contributed by atoms with E-state index in [0.717, 1.165) is 0 Å². The van der Waals surface area contributed by atoms with Gasteiger partial charge < -0.3 is 5.11 Å². The van der Waals surface area contributed by atoms with Gasteiger partial charge in [0.2, 0.25) is 0 Å². The van der Waals surface area contributed by atoms with Crippen molar-refractivity contribution in [2.24, 2.45) is 5.92 Å². The van der Waals surface area contributed by atoms with Gasteiger partial charge in [-0.25, -0.2) is 0 Å². The predicted molar refractivity (Wildman–Crippen MR) is 38.5 cm³/mol. The molecule has 10 heavy (non-hydrogen) atoms. The Bertz CT molecular complexity index is 195. The van der Waals surface area contributed by atoms with E-state index in [2.05, 4.69) is 0 Å². The Morgan fingerprint density at radius 1 is 1.10 bits per heavy atom. The van der Waals surface area contributed by atoms with Gasteiger partial charge in [0.15, 0.2) is 0 Å². The summed E-state index contributed by atoms with van der Waals surface area (Å²) in [6.07, 6.45) is 10.4. The summed E-state index contributed by atoms with van der Waals surface area (Å²) >= 11 is 0. The third-order valence-corrected chi connectivity index (χ3v) is 1.26. The normalized spacial score (nSPS) is 17.2. The second-order valence-electron chi connectivity index (χ2n) is 2.02. The zero-order chi connectivity index (χ0) is 7.40. The van der Waals surface area contributed by atoms with Gasteiger partial charge in [-0.1, -0.05) is 36.5 Å². The molecule has 0 aromatic heterocycles. The highest BCUT2D eigenvalue weighted by Gasteiger charge is 2.08. The van der Waals surface area contributed by atoms with E-state index in [9.17, 15) is 4.79 Å². The highest BCUT2D eigenvalue weighted by atomic mass is 16.4. The lowest BCUT2D eigenvalue weighted by Crippen LogP contribution is -2.06. The van der Waals surface area contributed by atoms with Crippen LogP contribution in [0.5, 0.6) is 0 Å². The van der Waals surface area contributed by atoms with Crippen LogP contribution in [-0.2, 0) is 4.79 Å². The molecule has 0 spiro atoms. The lowest BCUT2D eigenvalue weighted by Gasteiger charge is -1.96. The topological polar surface area (TPSA) is 37.3 Å². The summed E-state index contributed by atoms with van der Waals surface area (Å²) in [7, 11) is 0. The van der Waals surface area contributed by atoms with Gasteiger partial charge in [-0.05, 0) is 0 Å². The molecule has 0 fully saturated rings. The van der Waals surface area contributed by atoms with Crippen LogP contribution in [0, 0.1) is 5.92 Å². The maximum Gasteiger partial charge on any atom is 0.314 e. The number of aliphatic carboxylic acids is 1. The van der Waals surface area contributed by atoms with E-state index in [4.69, 9.17) is 5.11 Å². The molecule has 0 radical (unpaired) electrons. The molecule has 2 heteroatoms. The third kappa shape index (κ3) is 1.58. The summed E-state index contributed by atoms with van der Waals surface area (Å²) in [6, 6.07) is 0. The third-order valence-electron chi connectivity index (χ3n) is 1.26. The van der Waals surface area contributed by atoms with Crippen LogP contribution in [0.2, 0.25) is 0 Å². The molecule has 0 aliphatic heterocycles. The zero-order valence-electron chi connectivity index (χ0n) is 5.40. The molecule has 0 bridgehead atoms. The Hall–Kier alpha value is -1.31. The fourth-order valence-electron chi connectivity index (χ4n) is 0.725. The van der Waals surface area contributed by atoms with Crippen molar-refractivity contribution in [1.82, 2.24) is 0 Å². The average molecular weight is 136 g/mol. The molecule has 0 amide bonds. The van der Waals surface area contributed by atoms with Gasteiger partial charge >= 0.3 is 5.97 Å². The van der Waals surface area contributed by atoms with Gasteiger partial charge in [-0.2, -0.15) is 0 Å². The Morgan fingerprint density at radius 3 is 2.00 bits per heavy atom. The van der Waals surface area contributed by atoms with Crippen LogP contribution in [0.15, 0.2) is 36.5 Å². The molecule has 1 rings (SSSR count). The maximum atomic E-state index is 10.4. The Balaban J connectivity index is 2.72. The van der Waals surface area contributed by atoms with Crippen LogP contribution in [0.1, 0.15) is 0 Å². The molecule has 1 aliphatic carbocycles. The van der Waals surface area contributed by atoms with Crippen molar-refractivity contribution in [3.05, 3.63) is 36.5 Å². The van der Waals surface area contributed by atoms with Crippen molar-refractivity contribution in [2.75, 3.05) is 0 Å². The van der Waals surface area contributed by atoms with Crippen molar-refractivity contribution in [2.45, 2.75) is 0 Å². The summed E-state index contributed by atoms with van der Waals surface area (Å²) in [4.78, 5) is 10.4. The SMILES string of the molecule is O=C(O)C1C=CC=CC=C1. The Labute approximate surface area is 59.2 Å². The van der Waals surface area contributed by atoms with Crippen LogP contribution in [0.25, 0.3) is 0 Å². The lowest BCUT2D eigenvalue weighted by molar-refractivity contribution is -0.138. The fraction of sp³-hybridized carbons (Fsp3) is 0.125. The fourth-order valence-corrected chi connectivity index (χ4v) is 0.725. The summed E-state index contributed by atoms with van der Waals surface area (Å²) in [5.74, 6) is -1.27. The minimum Gasteiger partial charge on any atom is -0.481 e. The molecule has 1 aliphatic rings. The second kappa shape index (κ2) is 3.01. The van der Waals surface area contributed by atoms with Crippen LogP contribution in [-0.4, -0.2) is 11.1 Å². The molecule has 0 heterocycles. The van der Waals surface area contributed by atoms with E-state index in [1.807, 2.05) is 0 Å². The number of hydrogen-bond acceptors (Lipinski definition) is 1. The molecule has 1 N–H and O–H groups in total. The molecule has 0 aromatic rings. The number of carboxylic acids is 1. The molecule has 0 saturated heterocycles. The van der Waals surface area contributed by atoms with Crippen LogP contribution in [0.3, 0.4) is 0 Å². The quantitative estimate of drug-likeness (QED) is 0.591. The minimum atomic E-state index is -0.809. The van der Waals surface area contributed by atoms with Crippen LogP contribution in [0.4, 0.5) is 0 Å². The first-order valence-corrected chi connectivity index (χ1v) is 3.05. The molecule has 0 aromatic carbocycles. The molecule has 2 nitrogen and oxygen atoms in total. The highest BCUT2D eigenvalue weighted by Crippen LogP contribution is 2.04. The maximum absolute atomic E-state index is 10.4. The van der Waals surface area contributed by atoms with Crippen molar-refractivity contribution in [3.8, 4) is 0 Å². The van der Waals surface area contributed by atoms with Gasteiger partial charge in [0.05, 0.1) is 5.92 Å². The summed E-state index contributed by atoms with van der Waals surface area (Å²) in [5.41, 5.74) is 0. The van der Waals surface area contributed by atoms with Gasteiger partial charge in [-0.3, -0.25) is 4.79 Å². The Morgan fingerprint density at radius 2 is 1.60 bits per heavy atom. The largest absolute Gasteiger partial charge is 0.481 e. The molecule has 0 unspecified atom stereocenters. The molecular formula is C8H8O2. The summed E-state index contributed by atoms with van der Waals surface area (Å²) < 4.78 is 0. The van der Waals surface area contributed by atoms with E-state index in [-0.39, 0.29) is 0 Å². The number of hydrogen-bond donors (Lipinski definition) is 1. The van der Waals surface area contributed by atoms with Crippen molar-refractivity contribution < 1.29 is 9.90 Å². The van der Waals surface area contributed by atoms with Crippen LogP contribution >= 0.6 is 0 Å². The van der Waals surface area contributed by atoms with Crippen molar-refractivity contribution in [3.63, 3.8) is 0 Å². The van der Waals surface area contributed by atoms with Crippen molar-refractivity contribution >= 4 is 5.97 Å². The molecule has 0 atom stereocenters. The monoisotopic (exact) mass is 136 g/mol.